The molecule has 10 nitrogen and oxygen atoms in total. The zero-order valence-electron chi connectivity index (χ0n) is 15.6. The fraction of sp³-hybridized carbons (Fsp3) is 0.333. The normalized spacial score (nSPS) is 13.4. The molecule has 2 heterocycles. The Morgan fingerprint density at radius 2 is 1.90 bits per heavy atom. The Labute approximate surface area is 169 Å². The number of hydrogen-bond acceptors (Lipinski definition) is 7. The van der Waals surface area contributed by atoms with Crippen molar-refractivity contribution >= 4 is 28.7 Å². The molecule has 2 unspecified atom stereocenters. The number of carboxylic acids is 1. The monoisotopic (exact) mass is 421 g/mol. The average Bonchev–Trinajstić information content (AvgIpc) is 3.09. The molecule has 0 saturated heterocycles. The molecule has 0 spiro atoms. The maximum Gasteiger partial charge on any atom is 0.332 e. The molecule has 3 rings (SSSR count). The standard InChI is InChI=1S/C18H19ClN4O6/c1-21-15-14(16(25)22(2)18(21)28)23(9-20-15)8-11(24)7-13(17(26)27)29-12-5-3-10(19)4-6-12/h3-6,9,11,13,24H,7-8H2,1-2H3,(H,26,27)/p-1. The maximum absolute atomic E-state index is 12.4. The van der Waals surface area contributed by atoms with Crippen molar-refractivity contribution in [2.75, 3.05) is 0 Å². The van der Waals surface area contributed by atoms with Crippen LogP contribution in [0.25, 0.3) is 11.2 Å². The van der Waals surface area contributed by atoms with Crippen molar-refractivity contribution in [2.24, 2.45) is 14.1 Å². The van der Waals surface area contributed by atoms with E-state index in [1.54, 1.807) is 0 Å². The van der Waals surface area contributed by atoms with Crippen LogP contribution < -0.4 is 21.1 Å². The molecule has 1 aromatic carbocycles. The molecule has 29 heavy (non-hydrogen) atoms. The zero-order chi connectivity index (χ0) is 21.3. The molecule has 0 amide bonds. The largest absolute Gasteiger partial charge is 0.546 e. The molecule has 2 atom stereocenters. The number of benzene rings is 1. The van der Waals surface area contributed by atoms with Gasteiger partial charge in [0.2, 0.25) is 0 Å². The summed E-state index contributed by atoms with van der Waals surface area (Å²) in [6.07, 6.45) is -1.60. The van der Waals surface area contributed by atoms with Crippen LogP contribution in [0.3, 0.4) is 0 Å². The Bertz CT molecular complexity index is 1160. The number of carbonyl (C=O) groups is 1. The number of aryl methyl sites for hydroxylation is 1. The van der Waals surface area contributed by atoms with Crippen LogP contribution in [0.4, 0.5) is 0 Å². The summed E-state index contributed by atoms with van der Waals surface area (Å²) in [5.74, 6) is -1.24. The predicted octanol–water partition coefficient (Wildman–Crippen LogP) is -0.964. The maximum atomic E-state index is 12.4. The van der Waals surface area contributed by atoms with Gasteiger partial charge in [0.05, 0.1) is 24.9 Å². The molecule has 11 heteroatoms. The first-order valence-corrected chi connectivity index (χ1v) is 8.98. The highest BCUT2D eigenvalue weighted by atomic mass is 35.5. The van der Waals surface area contributed by atoms with Gasteiger partial charge in [-0.25, -0.2) is 9.78 Å². The van der Waals surface area contributed by atoms with Crippen molar-refractivity contribution < 1.29 is 19.7 Å². The van der Waals surface area contributed by atoms with E-state index in [-0.39, 0.29) is 29.9 Å². The van der Waals surface area contributed by atoms with Gasteiger partial charge in [0.15, 0.2) is 11.2 Å². The van der Waals surface area contributed by atoms with Crippen LogP contribution in [-0.2, 0) is 25.4 Å². The number of rotatable bonds is 7. The van der Waals surface area contributed by atoms with E-state index in [0.29, 0.717) is 5.02 Å². The number of fused-ring (bicyclic) bond motifs is 1. The van der Waals surface area contributed by atoms with Crippen LogP contribution in [0.5, 0.6) is 5.75 Å². The van der Waals surface area contributed by atoms with E-state index in [2.05, 4.69) is 4.98 Å². The quantitative estimate of drug-likeness (QED) is 0.519. The van der Waals surface area contributed by atoms with Crippen LogP contribution >= 0.6 is 11.6 Å². The van der Waals surface area contributed by atoms with Gasteiger partial charge in [0.1, 0.15) is 11.9 Å². The van der Waals surface area contributed by atoms with Gasteiger partial charge in [-0.05, 0) is 24.3 Å². The summed E-state index contributed by atoms with van der Waals surface area (Å²) < 4.78 is 8.89. The molecule has 0 aliphatic carbocycles. The molecule has 0 aliphatic rings. The number of hydrogen-bond donors (Lipinski definition) is 1. The minimum Gasteiger partial charge on any atom is -0.546 e. The van der Waals surface area contributed by atoms with Crippen molar-refractivity contribution in [3.63, 3.8) is 0 Å². The molecule has 154 valence electrons. The van der Waals surface area contributed by atoms with Gasteiger partial charge in [-0.2, -0.15) is 0 Å². The van der Waals surface area contributed by atoms with Crippen molar-refractivity contribution in [3.05, 3.63) is 56.5 Å². The average molecular weight is 422 g/mol. The van der Waals surface area contributed by atoms with Gasteiger partial charge in [0, 0.05) is 25.5 Å². The van der Waals surface area contributed by atoms with Crippen molar-refractivity contribution in [1.29, 1.82) is 0 Å². The Kier molecular flexibility index (Phi) is 5.76. The number of halogens is 1. The van der Waals surface area contributed by atoms with Gasteiger partial charge in [0.25, 0.3) is 5.56 Å². The van der Waals surface area contributed by atoms with E-state index in [4.69, 9.17) is 16.3 Å². The molecule has 2 aromatic heterocycles. The van der Waals surface area contributed by atoms with Gasteiger partial charge < -0.3 is 24.3 Å². The highest BCUT2D eigenvalue weighted by Gasteiger charge is 2.21. The summed E-state index contributed by atoms with van der Waals surface area (Å²) in [7, 11) is 2.81. The molecular weight excluding hydrogens is 404 g/mol. The first kappa shape index (κ1) is 20.6. The van der Waals surface area contributed by atoms with Gasteiger partial charge in [-0.1, -0.05) is 11.6 Å². The Hall–Kier alpha value is -3.11. The van der Waals surface area contributed by atoms with E-state index < -0.39 is 29.4 Å². The van der Waals surface area contributed by atoms with Crippen LogP contribution in [0.15, 0.2) is 40.2 Å². The number of aromatic nitrogens is 4. The molecule has 0 bridgehead atoms. The SMILES string of the molecule is Cn1c(=O)c2c(ncn2CC(O)CC(Oc2ccc(Cl)cc2)C(=O)[O-])n(C)c1=O. The minimum absolute atomic E-state index is 0.122. The van der Waals surface area contributed by atoms with E-state index >= 15 is 0 Å². The zero-order valence-corrected chi connectivity index (χ0v) is 16.4. The summed E-state index contributed by atoms with van der Waals surface area (Å²) in [6.45, 7) is -0.127. The second-order valence-electron chi connectivity index (χ2n) is 6.54. The highest BCUT2D eigenvalue weighted by molar-refractivity contribution is 6.30. The fourth-order valence-corrected chi connectivity index (χ4v) is 3.08. The fourth-order valence-electron chi connectivity index (χ4n) is 2.95. The third kappa shape index (κ3) is 4.17. The van der Waals surface area contributed by atoms with Gasteiger partial charge in [-0.15, -0.1) is 0 Å². The molecule has 3 aromatic rings. The molecule has 0 saturated carbocycles. The number of aliphatic carboxylic acids is 1. The van der Waals surface area contributed by atoms with Crippen molar-refractivity contribution in [1.82, 2.24) is 18.7 Å². The number of ether oxygens (including phenoxy) is 1. The summed E-state index contributed by atoms with van der Waals surface area (Å²) in [4.78, 5) is 39.9. The molecular formula is C18H18ClN4O6-. The van der Waals surface area contributed by atoms with E-state index in [1.807, 2.05) is 0 Å². The van der Waals surface area contributed by atoms with Crippen LogP contribution in [0.2, 0.25) is 5.02 Å². The lowest BCUT2D eigenvalue weighted by molar-refractivity contribution is -0.314. The highest BCUT2D eigenvalue weighted by Crippen LogP contribution is 2.18. The van der Waals surface area contributed by atoms with Gasteiger partial charge >= 0.3 is 5.69 Å². The predicted molar refractivity (Wildman–Crippen MR) is 102 cm³/mol. The summed E-state index contributed by atoms with van der Waals surface area (Å²) in [5, 5.41) is 22.3. The smallest absolute Gasteiger partial charge is 0.332 e. The second kappa shape index (κ2) is 8.10. The lowest BCUT2D eigenvalue weighted by Gasteiger charge is -2.23. The van der Waals surface area contributed by atoms with Crippen molar-refractivity contribution in [3.8, 4) is 5.75 Å². The summed E-state index contributed by atoms with van der Waals surface area (Å²) in [5.41, 5.74) is -0.806. The van der Waals surface area contributed by atoms with Gasteiger partial charge in [-0.3, -0.25) is 13.9 Å². The number of aliphatic hydroxyl groups is 1. The summed E-state index contributed by atoms with van der Waals surface area (Å²) >= 11 is 5.79. The lowest BCUT2D eigenvalue weighted by atomic mass is 10.1. The first-order valence-electron chi connectivity index (χ1n) is 8.61. The molecule has 0 fully saturated rings. The third-order valence-corrected chi connectivity index (χ3v) is 4.72. The Morgan fingerprint density at radius 3 is 2.52 bits per heavy atom. The van der Waals surface area contributed by atoms with Crippen molar-refractivity contribution in [2.45, 2.75) is 25.2 Å². The van der Waals surface area contributed by atoms with Crippen LogP contribution in [-0.4, -0.2) is 42.0 Å². The first-order chi connectivity index (χ1) is 13.7. The molecule has 0 aliphatic heterocycles. The topological polar surface area (TPSA) is 131 Å². The number of imidazole rings is 1. The van der Waals surface area contributed by atoms with E-state index in [0.717, 1.165) is 4.57 Å². The molecule has 1 N–H and O–H groups in total. The minimum atomic E-state index is -1.49. The summed E-state index contributed by atoms with van der Waals surface area (Å²) in [6, 6.07) is 6.07. The van der Waals surface area contributed by atoms with E-state index in [1.165, 1.54) is 53.8 Å². The number of nitrogens with zero attached hydrogens (tertiary/aromatic N) is 4. The van der Waals surface area contributed by atoms with Crippen LogP contribution in [0, 0.1) is 0 Å². The Morgan fingerprint density at radius 1 is 1.24 bits per heavy atom. The van der Waals surface area contributed by atoms with E-state index in [9.17, 15) is 24.6 Å². The molecule has 0 radical (unpaired) electrons. The lowest BCUT2D eigenvalue weighted by Crippen LogP contribution is -2.42. The second-order valence-corrected chi connectivity index (χ2v) is 6.98. The Balaban J connectivity index is 1.81. The number of aliphatic hydroxyl groups excluding tert-OH is 1. The number of carboxylic acid groups (broad SMARTS) is 1. The number of carbonyl (C=O) groups excluding carboxylic acids is 1. The van der Waals surface area contributed by atoms with Crippen LogP contribution in [0.1, 0.15) is 6.42 Å². The third-order valence-electron chi connectivity index (χ3n) is 4.47.